The van der Waals surface area contributed by atoms with Gasteiger partial charge in [0.2, 0.25) is 0 Å². The van der Waals surface area contributed by atoms with Crippen molar-refractivity contribution in [1.82, 2.24) is 0 Å². The SMILES string of the molecule is CC.CC.CC.CC.c1ccc2c(c1)Cc1ccccc1C21c2ccccc2-c2ccccc21. The monoisotopic (exact) mass is 450 g/mol. The first-order valence-corrected chi connectivity index (χ1v) is 13.3. The van der Waals surface area contributed by atoms with Gasteiger partial charge in [0.25, 0.3) is 0 Å². The molecule has 34 heavy (non-hydrogen) atoms. The fourth-order valence-corrected chi connectivity index (χ4v) is 5.25. The van der Waals surface area contributed by atoms with Crippen LogP contribution in [0, 0.1) is 0 Å². The van der Waals surface area contributed by atoms with Crippen LogP contribution < -0.4 is 0 Å². The fraction of sp³-hybridized carbons (Fsp3) is 0.294. The minimum Gasteiger partial charge on any atom is -0.0683 e. The van der Waals surface area contributed by atoms with Gasteiger partial charge in [0.1, 0.15) is 0 Å². The highest BCUT2D eigenvalue weighted by atomic mass is 14.5. The molecule has 0 saturated heterocycles. The molecule has 0 atom stereocenters. The Bertz CT molecular complexity index is 1070. The van der Waals surface area contributed by atoms with Gasteiger partial charge < -0.3 is 0 Å². The molecule has 0 saturated carbocycles. The number of fused-ring (bicyclic) bond motifs is 9. The molecule has 0 aromatic heterocycles. The maximum Gasteiger partial charge on any atom is 0.0719 e. The Kier molecular flexibility index (Phi) is 10.3. The Morgan fingerprint density at radius 1 is 0.382 bits per heavy atom. The smallest absolute Gasteiger partial charge is 0.0683 e. The molecule has 4 aromatic carbocycles. The second-order valence-corrected chi connectivity index (χ2v) is 7.33. The third-order valence-corrected chi connectivity index (χ3v) is 6.18. The van der Waals surface area contributed by atoms with E-state index in [2.05, 4.69) is 97.1 Å². The molecule has 2 aliphatic carbocycles. The largest absolute Gasteiger partial charge is 0.0719 e. The van der Waals surface area contributed by atoms with Crippen molar-refractivity contribution >= 4 is 0 Å². The molecule has 0 heteroatoms. The summed E-state index contributed by atoms with van der Waals surface area (Å²) in [4.78, 5) is 0. The quantitative estimate of drug-likeness (QED) is 0.216. The van der Waals surface area contributed by atoms with E-state index in [-0.39, 0.29) is 5.41 Å². The van der Waals surface area contributed by atoms with Crippen molar-refractivity contribution in [3.8, 4) is 11.1 Å². The lowest BCUT2D eigenvalue weighted by molar-refractivity contribution is 0.722. The van der Waals surface area contributed by atoms with Gasteiger partial charge in [-0.25, -0.2) is 0 Å². The summed E-state index contributed by atoms with van der Waals surface area (Å²) in [6.45, 7) is 16.0. The molecule has 0 fully saturated rings. The van der Waals surface area contributed by atoms with Crippen molar-refractivity contribution in [2.75, 3.05) is 0 Å². The average molecular weight is 451 g/mol. The van der Waals surface area contributed by atoms with Gasteiger partial charge in [-0.15, -0.1) is 0 Å². The summed E-state index contributed by atoms with van der Waals surface area (Å²) < 4.78 is 0. The topological polar surface area (TPSA) is 0 Å². The van der Waals surface area contributed by atoms with E-state index in [4.69, 9.17) is 0 Å². The highest BCUT2D eigenvalue weighted by Crippen LogP contribution is 2.58. The molecule has 0 unspecified atom stereocenters. The molecule has 0 radical (unpaired) electrons. The molecule has 0 amide bonds. The molecule has 0 heterocycles. The Morgan fingerprint density at radius 3 is 1.06 bits per heavy atom. The van der Waals surface area contributed by atoms with Crippen molar-refractivity contribution in [3.05, 3.63) is 130 Å². The van der Waals surface area contributed by atoms with Crippen LogP contribution in [0.1, 0.15) is 88.8 Å². The molecular formula is C34H42. The molecule has 4 aromatic rings. The normalized spacial score (nSPS) is 12.2. The zero-order chi connectivity index (χ0) is 25.1. The zero-order valence-corrected chi connectivity index (χ0v) is 22.4. The van der Waals surface area contributed by atoms with Gasteiger partial charge in [-0.1, -0.05) is 152 Å². The van der Waals surface area contributed by atoms with E-state index in [0.717, 1.165) is 6.42 Å². The minimum atomic E-state index is -0.196. The summed E-state index contributed by atoms with van der Waals surface area (Å²) in [6.07, 6.45) is 1.01. The van der Waals surface area contributed by atoms with Crippen LogP contribution in [0.5, 0.6) is 0 Å². The van der Waals surface area contributed by atoms with Gasteiger partial charge in [0, 0.05) is 0 Å². The first-order valence-electron chi connectivity index (χ1n) is 13.3. The summed E-state index contributed by atoms with van der Waals surface area (Å²) in [5.74, 6) is 0. The molecule has 6 rings (SSSR count). The molecule has 0 N–H and O–H groups in total. The van der Waals surface area contributed by atoms with Crippen molar-refractivity contribution in [3.63, 3.8) is 0 Å². The van der Waals surface area contributed by atoms with E-state index in [1.165, 1.54) is 44.5 Å². The van der Waals surface area contributed by atoms with E-state index in [1.807, 2.05) is 55.4 Å². The van der Waals surface area contributed by atoms with E-state index in [9.17, 15) is 0 Å². The minimum absolute atomic E-state index is 0.196. The highest BCUT2D eigenvalue weighted by molar-refractivity contribution is 5.87. The van der Waals surface area contributed by atoms with Gasteiger partial charge in [0.15, 0.2) is 0 Å². The first kappa shape index (κ1) is 27.1. The summed E-state index contributed by atoms with van der Waals surface area (Å²) >= 11 is 0. The maximum atomic E-state index is 2.34. The number of rotatable bonds is 0. The van der Waals surface area contributed by atoms with Crippen molar-refractivity contribution < 1.29 is 0 Å². The predicted octanol–water partition coefficient (Wildman–Crippen LogP) is 10.1. The van der Waals surface area contributed by atoms with Gasteiger partial charge in [-0.2, -0.15) is 0 Å². The summed E-state index contributed by atoms with van der Waals surface area (Å²) in [5.41, 5.74) is 11.1. The predicted molar refractivity (Wildman–Crippen MR) is 152 cm³/mol. The Labute approximate surface area is 208 Å². The van der Waals surface area contributed by atoms with E-state index in [0.29, 0.717) is 0 Å². The maximum absolute atomic E-state index is 2.34. The highest BCUT2D eigenvalue weighted by Gasteiger charge is 2.49. The van der Waals surface area contributed by atoms with Gasteiger partial charge in [-0.05, 0) is 50.9 Å². The van der Waals surface area contributed by atoms with E-state index in [1.54, 1.807) is 0 Å². The second-order valence-electron chi connectivity index (χ2n) is 7.33. The lowest BCUT2D eigenvalue weighted by atomic mass is 9.61. The number of hydrogen-bond donors (Lipinski definition) is 0. The fourth-order valence-electron chi connectivity index (χ4n) is 5.25. The van der Waals surface area contributed by atoms with Crippen molar-refractivity contribution in [2.24, 2.45) is 0 Å². The molecule has 0 aliphatic heterocycles. The van der Waals surface area contributed by atoms with Crippen LogP contribution in [0.3, 0.4) is 0 Å². The molecular weight excluding hydrogens is 408 g/mol. The zero-order valence-electron chi connectivity index (χ0n) is 22.4. The lowest BCUT2D eigenvalue weighted by Crippen LogP contribution is -2.34. The van der Waals surface area contributed by atoms with Gasteiger partial charge in [-0.3, -0.25) is 0 Å². The van der Waals surface area contributed by atoms with Crippen molar-refractivity contribution in [2.45, 2.75) is 67.2 Å². The van der Waals surface area contributed by atoms with Crippen LogP contribution >= 0.6 is 0 Å². The Hall–Kier alpha value is -3.12. The summed E-state index contributed by atoms with van der Waals surface area (Å²) in [7, 11) is 0. The van der Waals surface area contributed by atoms with Crippen LogP contribution in [-0.4, -0.2) is 0 Å². The molecule has 1 spiro atoms. The van der Waals surface area contributed by atoms with Crippen LogP contribution in [0.2, 0.25) is 0 Å². The average Bonchev–Trinajstić information content (AvgIpc) is 3.25. The van der Waals surface area contributed by atoms with Gasteiger partial charge >= 0.3 is 0 Å². The molecule has 0 nitrogen and oxygen atoms in total. The molecule has 178 valence electrons. The van der Waals surface area contributed by atoms with Crippen LogP contribution in [0.25, 0.3) is 11.1 Å². The van der Waals surface area contributed by atoms with Gasteiger partial charge in [0.05, 0.1) is 5.41 Å². The summed E-state index contributed by atoms with van der Waals surface area (Å²) in [5, 5.41) is 0. The van der Waals surface area contributed by atoms with E-state index < -0.39 is 0 Å². The third kappa shape index (κ3) is 4.23. The standard InChI is InChI=1S/C26H18.4C2H6/c1-5-13-22-18(9-1)17-19-10-2-6-14-23(19)26(22)24-15-7-3-11-20(24)21-12-4-8-16-25(21)26;4*1-2/h1-16H,17H2;4*1-2H3. The summed E-state index contributed by atoms with van der Waals surface area (Å²) in [6, 6.07) is 35.9. The number of benzene rings is 4. The Balaban J connectivity index is 0.000000467. The third-order valence-electron chi connectivity index (χ3n) is 6.18. The molecule has 0 bridgehead atoms. The Morgan fingerprint density at radius 2 is 0.676 bits per heavy atom. The first-order chi connectivity index (χ1) is 16.9. The molecule has 2 aliphatic rings. The lowest BCUT2D eigenvalue weighted by Gasteiger charge is -2.40. The van der Waals surface area contributed by atoms with Crippen LogP contribution in [-0.2, 0) is 11.8 Å². The number of hydrogen-bond acceptors (Lipinski definition) is 0. The van der Waals surface area contributed by atoms with Crippen molar-refractivity contribution in [1.29, 1.82) is 0 Å². The second kappa shape index (κ2) is 12.9. The van der Waals surface area contributed by atoms with Crippen LogP contribution in [0.4, 0.5) is 0 Å². The van der Waals surface area contributed by atoms with Crippen LogP contribution in [0.15, 0.2) is 97.1 Å². The van der Waals surface area contributed by atoms with E-state index >= 15 is 0 Å².